The van der Waals surface area contributed by atoms with Crippen molar-refractivity contribution in [3.8, 4) is 11.1 Å². The molecular formula is C25H27NO3. The second-order valence-electron chi connectivity index (χ2n) is 6.59. The molecule has 150 valence electrons. The highest BCUT2D eigenvalue weighted by atomic mass is 16.4. The molecule has 0 aliphatic carbocycles. The Kier molecular flexibility index (Phi) is 4.59. The summed E-state index contributed by atoms with van der Waals surface area (Å²) in [4.78, 5) is 11.4. The number of carboxylic acid groups (broad SMARTS) is 1. The van der Waals surface area contributed by atoms with Crippen LogP contribution >= 0.6 is 0 Å². The topological polar surface area (TPSA) is 69.6 Å². The highest BCUT2D eigenvalue weighted by molar-refractivity contribution is 5.89. The highest BCUT2D eigenvalue weighted by Crippen LogP contribution is 2.22. The Hall–Kier alpha value is -2.95. The van der Waals surface area contributed by atoms with Crippen LogP contribution in [0.15, 0.2) is 72.7 Å². The monoisotopic (exact) mass is 396 g/mol. The molecule has 4 nitrogen and oxygen atoms in total. The first kappa shape index (κ1) is 13.3. The molecule has 0 heterocycles. The SMILES string of the molecule is [2H]c1c([2H])c(CCC([2H])([2H])NC[C@]([2H])(O)c2cccc(C)c2)c([2H])c(-c2cccc(C(=O)O)c2)c1[2H]. The maximum atomic E-state index is 11.4. The number of aryl methyl sites for hydroxylation is 1. The first-order chi connectivity index (χ1) is 16.7. The number of benzene rings is 3. The predicted molar refractivity (Wildman–Crippen MR) is 116 cm³/mol. The third kappa shape index (κ3) is 6.01. The number of hydrogen-bond acceptors (Lipinski definition) is 3. The summed E-state index contributed by atoms with van der Waals surface area (Å²) in [6.07, 6.45) is -2.44. The van der Waals surface area contributed by atoms with Crippen LogP contribution < -0.4 is 5.32 Å². The normalized spacial score (nSPS) is 17.0. The zero-order valence-electron chi connectivity index (χ0n) is 23.0. The summed E-state index contributed by atoms with van der Waals surface area (Å²) in [5.74, 6) is -1.18. The predicted octanol–water partition coefficient (Wildman–Crippen LogP) is 4.62. The van der Waals surface area contributed by atoms with E-state index in [1.165, 1.54) is 24.3 Å². The van der Waals surface area contributed by atoms with Gasteiger partial charge in [0.2, 0.25) is 0 Å². The van der Waals surface area contributed by atoms with Crippen LogP contribution in [0.5, 0.6) is 0 Å². The molecule has 3 aromatic carbocycles. The zero-order valence-corrected chi connectivity index (χ0v) is 16.0. The largest absolute Gasteiger partial charge is 0.478 e. The van der Waals surface area contributed by atoms with E-state index in [-0.39, 0.29) is 53.2 Å². The van der Waals surface area contributed by atoms with Crippen molar-refractivity contribution >= 4 is 5.97 Å². The Bertz CT molecular complexity index is 1290. The maximum Gasteiger partial charge on any atom is 0.335 e. The van der Waals surface area contributed by atoms with Gasteiger partial charge in [-0.2, -0.15) is 0 Å². The van der Waals surface area contributed by atoms with Crippen molar-refractivity contribution in [2.24, 2.45) is 0 Å². The van der Waals surface area contributed by atoms with Crippen molar-refractivity contribution in [1.82, 2.24) is 5.32 Å². The lowest BCUT2D eigenvalue weighted by molar-refractivity contribution is 0.0697. The Balaban J connectivity index is 1.84. The maximum absolute atomic E-state index is 11.4. The summed E-state index contributed by atoms with van der Waals surface area (Å²) in [5.41, 5.74) is 1.41. The Morgan fingerprint density at radius 1 is 1.21 bits per heavy atom. The molecule has 0 aliphatic rings. The lowest BCUT2D eigenvalue weighted by Crippen LogP contribution is -2.22. The molecule has 0 saturated heterocycles. The minimum atomic E-state index is -2.08. The van der Waals surface area contributed by atoms with Gasteiger partial charge in [-0.15, -0.1) is 0 Å². The van der Waals surface area contributed by atoms with Gasteiger partial charge in [0.15, 0.2) is 0 Å². The minimum absolute atomic E-state index is 0.00241. The van der Waals surface area contributed by atoms with Gasteiger partial charge >= 0.3 is 5.97 Å². The molecule has 29 heavy (non-hydrogen) atoms. The molecule has 0 spiro atoms. The van der Waals surface area contributed by atoms with E-state index in [0.717, 1.165) is 5.56 Å². The van der Waals surface area contributed by atoms with Crippen LogP contribution in [0, 0.1) is 6.92 Å². The summed E-state index contributed by atoms with van der Waals surface area (Å²) in [6, 6.07) is 11.0. The van der Waals surface area contributed by atoms with Gasteiger partial charge in [-0.3, -0.25) is 0 Å². The van der Waals surface area contributed by atoms with Crippen molar-refractivity contribution in [2.45, 2.75) is 25.8 Å². The van der Waals surface area contributed by atoms with E-state index in [9.17, 15) is 15.0 Å². The molecular weight excluding hydrogens is 362 g/mol. The second kappa shape index (κ2) is 10.0. The van der Waals surface area contributed by atoms with Crippen LogP contribution in [0.3, 0.4) is 0 Å². The average Bonchev–Trinajstić information content (AvgIpc) is 2.82. The van der Waals surface area contributed by atoms with Gasteiger partial charge in [-0.05, 0) is 60.6 Å². The second-order valence-corrected chi connectivity index (χ2v) is 6.59. The molecule has 3 rings (SSSR count). The Morgan fingerprint density at radius 2 is 2.03 bits per heavy atom. The number of hydrogen-bond donors (Lipinski definition) is 3. The van der Waals surface area contributed by atoms with E-state index in [0.29, 0.717) is 5.56 Å². The first-order valence-corrected chi connectivity index (χ1v) is 9.21. The summed E-state index contributed by atoms with van der Waals surface area (Å²) < 4.78 is 58.1. The number of aliphatic hydroxyl groups is 1. The fraction of sp³-hybridized carbons (Fsp3) is 0.240. The third-order valence-electron chi connectivity index (χ3n) is 4.31. The summed E-state index contributed by atoms with van der Waals surface area (Å²) in [6.45, 7) is -0.672. The fourth-order valence-corrected chi connectivity index (χ4v) is 2.81. The molecule has 0 saturated carbocycles. The molecule has 0 amide bonds. The average molecular weight is 397 g/mol. The highest BCUT2D eigenvalue weighted by Gasteiger charge is 2.07. The van der Waals surface area contributed by atoms with Crippen LogP contribution in [0.4, 0.5) is 0 Å². The van der Waals surface area contributed by atoms with E-state index in [1.807, 2.05) is 13.0 Å². The molecule has 0 radical (unpaired) electrons. The quantitative estimate of drug-likeness (QED) is 0.494. The summed E-state index contributed by atoms with van der Waals surface area (Å²) in [5, 5.41) is 22.3. The van der Waals surface area contributed by atoms with Gasteiger partial charge in [-0.25, -0.2) is 4.79 Å². The summed E-state index contributed by atoms with van der Waals surface area (Å²) >= 11 is 0. The van der Waals surface area contributed by atoms with Crippen molar-refractivity contribution in [3.63, 3.8) is 0 Å². The lowest BCUT2D eigenvalue weighted by Gasteiger charge is -2.13. The van der Waals surface area contributed by atoms with Gasteiger partial charge in [-0.1, -0.05) is 66.1 Å². The van der Waals surface area contributed by atoms with E-state index in [2.05, 4.69) is 5.32 Å². The van der Waals surface area contributed by atoms with E-state index in [4.69, 9.17) is 9.60 Å². The third-order valence-corrected chi connectivity index (χ3v) is 4.31. The van der Waals surface area contributed by atoms with Gasteiger partial charge < -0.3 is 15.5 Å². The van der Waals surface area contributed by atoms with Crippen molar-refractivity contribution in [3.05, 3.63) is 95.0 Å². The standard InChI is InChI=1S/C25H27NO3/c1-18-6-2-11-22(14-18)24(27)17-26-13-5-8-19-7-3-9-20(15-19)21-10-4-12-23(16-21)25(28)29/h2-4,6-7,9-12,14-16,24,26-27H,5,8,13,17H2,1H3,(H,28,29)/t24-/m0/s1/i3D,7D,9D,13D2,15D,24D. The summed E-state index contributed by atoms with van der Waals surface area (Å²) in [7, 11) is 0. The van der Waals surface area contributed by atoms with E-state index < -0.39 is 31.1 Å². The zero-order chi connectivity index (χ0) is 26.8. The number of carbonyl (C=O) groups is 1. The Morgan fingerprint density at radius 3 is 2.83 bits per heavy atom. The van der Waals surface area contributed by atoms with Crippen LogP contribution in [0.2, 0.25) is 0 Å². The molecule has 3 aromatic rings. The van der Waals surface area contributed by atoms with Crippen LogP contribution in [0.1, 0.15) is 49.1 Å². The van der Waals surface area contributed by atoms with Crippen LogP contribution in [-0.4, -0.2) is 29.2 Å². The first-order valence-electron chi connectivity index (χ1n) is 12.7. The van der Waals surface area contributed by atoms with Gasteiger partial charge in [0.25, 0.3) is 0 Å². The van der Waals surface area contributed by atoms with E-state index >= 15 is 0 Å². The number of rotatable bonds is 9. The molecule has 0 unspecified atom stereocenters. The molecule has 0 aromatic heterocycles. The number of carboxylic acids is 1. The molecule has 3 N–H and O–H groups in total. The number of aromatic carboxylic acids is 1. The molecule has 0 fully saturated rings. The Labute approximate surface area is 181 Å². The molecule has 0 bridgehead atoms. The van der Waals surface area contributed by atoms with Crippen molar-refractivity contribution < 1.29 is 24.6 Å². The van der Waals surface area contributed by atoms with Crippen molar-refractivity contribution in [1.29, 1.82) is 0 Å². The molecule has 1 atom stereocenters. The van der Waals surface area contributed by atoms with Crippen LogP contribution in [0.25, 0.3) is 11.1 Å². The molecule has 0 aliphatic heterocycles. The van der Waals surface area contributed by atoms with Crippen molar-refractivity contribution in [2.75, 3.05) is 13.0 Å². The fourth-order valence-electron chi connectivity index (χ4n) is 2.81. The van der Waals surface area contributed by atoms with Gasteiger partial charge in [0, 0.05) is 9.29 Å². The van der Waals surface area contributed by atoms with Gasteiger partial charge in [0.1, 0.15) is 0 Å². The number of nitrogens with one attached hydrogen (secondary N) is 1. The smallest absolute Gasteiger partial charge is 0.335 e. The van der Waals surface area contributed by atoms with Gasteiger partial charge in [0.05, 0.1) is 18.5 Å². The molecule has 4 heteroatoms. The minimum Gasteiger partial charge on any atom is -0.478 e. The lowest BCUT2D eigenvalue weighted by atomic mass is 9.99. The van der Waals surface area contributed by atoms with Crippen LogP contribution in [-0.2, 0) is 6.42 Å². The van der Waals surface area contributed by atoms with E-state index in [1.54, 1.807) is 18.2 Å².